The first-order valence-electron chi connectivity index (χ1n) is 9.06. The summed E-state index contributed by atoms with van der Waals surface area (Å²) in [6.45, 7) is 3.70. The van der Waals surface area contributed by atoms with E-state index in [1.165, 1.54) is 6.20 Å². The van der Waals surface area contributed by atoms with Gasteiger partial charge < -0.3 is 5.32 Å². The number of carbonyl (C=O) groups excluding carboxylic acids is 1. The van der Waals surface area contributed by atoms with Gasteiger partial charge in [-0.3, -0.25) is 14.9 Å². The summed E-state index contributed by atoms with van der Waals surface area (Å²) in [6.07, 6.45) is 3.14. The van der Waals surface area contributed by atoms with Gasteiger partial charge in [0, 0.05) is 40.2 Å². The van der Waals surface area contributed by atoms with Gasteiger partial charge in [0.05, 0.1) is 21.6 Å². The quantitative estimate of drug-likeness (QED) is 0.378. The summed E-state index contributed by atoms with van der Waals surface area (Å²) in [6, 6.07) is 8.71. The summed E-state index contributed by atoms with van der Waals surface area (Å²) in [4.78, 5) is 21.0. The number of carbonyl (C=O) groups is 1. The molecule has 1 atom stereocenters. The number of aromatic amines is 1. The largest absolute Gasteiger partial charge is 0.345 e. The number of H-pyrrole nitrogens is 1. The highest BCUT2D eigenvalue weighted by Gasteiger charge is 2.20. The standard InChI is InChI=1S/C21H16Cl3N5O/c1-10-7-12(5-6-25-10)19-14-8-13(3-4-16(14)28-29-19)21(30)27-11(2)17-15(22)9-26-20(24)18(17)23/h3-9,11H,1-2H3,(H,27,30)(H,28,29). The van der Waals surface area contributed by atoms with E-state index in [0.29, 0.717) is 16.1 Å². The van der Waals surface area contributed by atoms with E-state index in [4.69, 9.17) is 34.8 Å². The highest BCUT2D eigenvalue weighted by atomic mass is 35.5. The molecule has 0 bridgehead atoms. The van der Waals surface area contributed by atoms with Crippen LogP contribution in [0.2, 0.25) is 15.2 Å². The van der Waals surface area contributed by atoms with Crippen LogP contribution in [-0.4, -0.2) is 26.1 Å². The normalized spacial score (nSPS) is 12.2. The van der Waals surface area contributed by atoms with Crippen LogP contribution in [0.1, 0.15) is 34.6 Å². The van der Waals surface area contributed by atoms with Crippen molar-refractivity contribution in [2.75, 3.05) is 0 Å². The van der Waals surface area contributed by atoms with E-state index in [9.17, 15) is 4.79 Å². The molecule has 0 aliphatic heterocycles. The van der Waals surface area contributed by atoms with Crippen LogP contribution in [0, 0.1) is 6.92 Å². The summed E-state index contributed by atoms with van der Waals surface area (Å²) < 4.78 is 0. The third-order valence-electron chi connectivity index (χ3n) is 4.74. The van der Waals surface area contributed by atoms with E-state index in [1.807, 2.05) is 25.1 Å². The molecule has 0 saturated carbocycles. The number of hydrogen-bond donors (Lipinski definition) is 2. The van der Waals surface area contributed by atoms with E-state index in [-0.39, 0.29) is 16.1 Å². The van der Waals surface area contributed by atoms with Crippen molar-refractivity contribution in [2.24, 2.45) is 0 Å². The number of amides is 1. The molecular formula is C21H16Cl3N5O. The SMILES string of the molecule is Cc1cc(-c2n[nH]c3ccc(C(=O)NC(C)c4c(Cl)cnc(Cl)c4Cl)cc23)ccn1. The monoisotopic (exact) mass is 459 g/mol. The van der Waals surface area contributed by atoms with Gasteiger partial charge in [0.15, 0.2) is 0 Å². The molecule has 1 unspecified atom stereocenters. The third kappa shape index (κ3) is 3.86. The average molecular weight is 461 g/mol. The topological polar surface area (TPSA) is 83.6 Å². The van der Waals surface area contributed by atoms with Crippen molar-refractivity contribution >= 4 is 51.6 Å². The van der Waals surface area contributed by atoms with Crippen LogP contribution in [0.15, 0.2) is 42.7 Å². The van der Waals surface area contributed by atoms with Crippen molar-refractivity contribution < 1.29 is 4.79 Å². The van der Waals surface area contributed by atoms with Crippen molar-refractivity contribution in [3.63, 3.8) is 0 Å². The molecule has 0 fully saturated rings. The molecule has 0 saturated heterocycles. The molecule has 6 nitrogen and oxygen atoms in total. The van der Waals surface area contributed by atoms with Gasteiger partial charge in [-0.15, -0.1) is 0 Å². The van der Waals surface area contributed by atoms with Gasteiger partial charge in [-0.05, 0) is 44.2 Å². The summed E-state index contributed by atoms with van der Waals surface area (Å²) in [5.74, 6) is -0.275. The molecule has 1 aromatic carbocycles. The average Bonchev–Trinajstić information content (AvgIpc) is 3.14. The highest BCUT2D eigenvalue weighted by molar-refractivity contribution is 6.43. The molecule has 152 valence electrons. The Balaban J connectivity index is 1.66. The Morgan fingerprint density at radius 2 is 1.93 bits per heavy atom. The first-order chi connectivity index (χ1) is 14.3. The maximum Gasteiger partial charge on any atom is 0.251 e. The van der Waals surface area contributed by atoms with Gasteiger partial charge in [0.25, 0.3) is 5.91 Å². The summed E-state index contributed by atoms with van der Waals surface area (Å²) in [7, 11) is 0. The van der Waals surface area contributed by atoms with Gasteiger partial charge in [-0.25, -0.2) is 4.98 Å². The Hall–Kier alpha value is -2.67. The van der Waals surface area contributed by atoms with Crippen LogP contribution in [0.5, 0.6) is 0 Å². The number of fused-ring (bicyclic) bond motifs is 1. The smallest absolute Gasteiger partial charge is 0.251 e. The predicted molar refractivity (Wildman–Crippen MR) is 119 cm³/mol. The van der Waals surface area contributed by atoms with Crippen molar-refractivity contribution in [1.82, 2.24) is 25.5 Å². The van der Waals surface area contributed by atoms with Gasteiger partial charge in [0.1, 0.15) is 10.8 Å². The molecule has 1 amide bonds. The summed E-state index contributed by atoms with van der Waals surface area (Å²) >= 11 is 18.4. The Labute approximate surface area is 187 Å². The molecule has 2 N–H and O–H groups in total. The minimum Gasteiger partial charge on any atom is -0.345 e. The molecule has 3 aromatic heterocycles. The lowest BCUT2D eigenvalue weighted by atomic mass is 10.0. The molecule has 30 heavy (non-hydrogen) atoms. The maximum atomic E-state index is 12.9. The Morgan fingerprint density at radius 3 is 2.70 bits per heavy atom. The van der Waals surface area contributed by atoms with E-state index < -0.39 is 6.04 Å². The zero-order valence-corrected chi connectivity index (χ0v) is 18.3. The zero-order chi connectivity index (χ0) is 21.4. The lowest BCUT2D eigenvalue weighted by Crippen LogP contribution is -2.27. The van der Waals surface area contributed by atoms with E-state index in [0.717, 1.165) is 27.9 Å². The first-order valence-corrected chi connectivity index (χ1v) is 10.2. The fourth-order valence-electron chi connectivity index (χ4n) is 3.27. The number of benzene rings is 1. The number of aryl methyl sites for hydroxylation is 1. The lowest BCUT2D eigenvalue weighted by Gasteiger charge is -2.17. The Bertz CT molecular complexity index is 1270. The van der Waals surface area contributed by atoms with Gasteiger partial charge in [-0.2, -0.15) is 5.10 Å². The minimum atomic E-state index is -0.472. The van der Waals surface area contributed by atoms with Crippen LogP contribution in [0.3, 0.4) is 0 Å². The fraction of sp³-hybridized carbons (Fsp3) is 0.143. The molecule has 0 radical (unpaired) electrons. The van der Waals surface area contributed by atoms with Crippen LogP contribution < -0.4 is 5.32 Å². The van der Waals surface area contributed by atoms with Gasteiger partial charge in [-0.1, -0.05) is 34.8 Å². The lowest BCUT2D eigenvalue weighted by molar-refractivity contribution is 0.0940. The van der Waals surface area contributed by atoms with Crippen LogP contribution in [0.25, 0.3) is 22.2 Å². The molecule has 9 heteroatoms. The second-order valence-corrected chi connectivity index (χ2v) is 7.98. The maximum absolute atomic E-state index is 12.9. The molecule has 3 heterocycles. The number of nitrogens with zero attached hydrogens (tertiary/aromatic N) is 3. The zero-order valence-electron chi connectivity index (χ0n) is 16.0. The molecule has 4 aromatic rings. The van der Waals surface area contributed by atoms with Gasteiger partial charge >= 0.3 is 0 Å². The number of aromatic nitrogens is 4. The van der Waals surface area contributed by atoms with Crippen molar-refractivity contribution in [1.29, 1.82) is 0 Å². The first kappa shape index (κ1) is 20.6. The fourth-order valence-corrected chi connectivity index (χ4v) is 4.09. The molecule has 4 rings (SSSR count). The number of halogens is 3. The second kappa shape index (κ2) is 8.22. The molecule has 0 aliphatic carbocycles. The van der Waals surface area contributed by atoms with Crippen molar-refractivity contribution in [3.8, 4) is 11.3 Å². The van der Waals surface area contributed by atoms with Crippen LogP contribution in [-0.2, 0) is 0 Å². The third-order valence-corrected chi connectivity index (χ3v) is 5.81. The van der Waals surface area contributed by atoms with E-state index in [1.54, 1.807) is 25.3 Å². The minimum absolute atomic E-state index is 0.134. The Morgan fingerprint density at radius 1 is 1.13 bits per heavy atom. The van der Waals surface area contributed by atoms with Crippen molar-refractivity contribution in [3.05, 3.63) is 74.7 Å². The number of pyridine rings is 2. The predicted octanol–water partition coefficient (Wildman–Crippen LogP) is 5.78. The van der Waals surface area contributed by atoms with Crippen LogP contribution >= 0.6 is 34.8 Å². The number of rotatable bonds is 4. The number of hydrogen-bond acceptors (Lipinski definition) is 4. The molecular weight excluding hydrogens is 445 g/mol. The molecule has 0 aliphatic rings. The van der Waals surface area contributed by atoms with E-state index >= 15 is 0 Å². The summed E-state index contributed by atoms with van der Waals surface area (Å²) in [5.41, 5.74) is 4.39. The number of nitrogens with one attached hydrogen (secondary N) is 2. The highest BCUT2D eigenvalue weighted by Crippen LogP contribution is 2.34. The second-order valence-electron chi connectivity index (χ2n) is 6.84. The van der Waals surface area contributed by atoms with Gasteiger partial charge in [0.2, 0.25) is 0 Å². The summed E-state index contributed by atoms with van der Waals surface area (Å²) in [5, 5.41) is 11.8. The van der Waals surface area contributed by atoms with E-state index in [2.05, 4.69) is 25.5 Å². The Kier molecular flexibility index (Phi) is 5.64. The van der Waals surface area contributed by atoms with Crippen LogP contribution in [0.4, 0.5) is 0 Å². The molecule has 0 spiro atoms. The van der Waals surface area contributed by atoms with Crippen molar-refractivity contribution in [2.45, 2.75) is 19.9 Å².